The second-order valence-electron chi connectivity index (χ2n) is 9.70. The molecule has 0 bridgehead atoms. The molecule has 0 aliphatic carbocycles. The smallest absolute Gasteiger partial charge is 0.261 e. The van der Waals surface area contributed by atoms with Gasteiger partial charge in [-0.2, -0.15) is 0 Å². The Morgan fingerprint density at radius 1 is 0.943 bits per heavy atom. The molecular weight excluding hydrogens is 504 g/mol. The minimum absolute atomic E-state index is 0.162. The Balaban J connectivity index is 1.92. The second kappa shape index (κ2) is 12.0. The third kappa shape index (κ3) is 8.55. The monoisotopic (exact) mass is 536 g/mol. The molecule has 3 aromatic carbocycles. The molecule has 35 heavy (non-hydrogen) atoms. The molecule has 0 aliphatic rings. The lowest BCUT2D eigenvalue weighted by molar-refractivity contribution is -0.143. The first kappa shape index (κ1) is 26.5. The number of halogens is 1. The van der Waals surface area contributed by atoms with E-state index in [4.69, 9.17) is 4.74 Å². The number of hydrogen-bond donors (Lipinski definition) is 1. The number of nitrogens with one attached hydrogen (secondary N) is 1. The minimum Gasteiger partial charge on any atom is -0.484 e. The van der Waals surface area contributed by atoms with E-state index < -0.39 is 11.6 Å². The van der Waals surface area contributed by atoms with Gasteiger partial charge in [-0.15, -0.1) is 0 Å². The van der Waals surface area contributed by atoms with E-state index in [0.717, 1.165) is 21.2 Å². The summed E-state index contributed by atoms with van der Waals surface area (Å²) < 4.78 is 6.73. The highest BCUT2D eigenvalue weighted by Gasteiger charge is 2.32. The maximum absolute atomic E-state index is 13.6. The molecule has 5 nitrogen and oxygen atoms in total. The average Bonchev–Trinajstić information content (AvgIpc) is 2.80. The van der Waals surface area contributed by atoms with Crippen molar-refractivity contribution in [1.29, 1.82) is 0 Å². The molecule has 0 fully saturated rings. The van der Waals surface area contributed by atoms with Crippen LogP contribution in [0.2, 0.25) is 0 Å². The number of aryl methyl sites for hydroxylation is 1. The molecule has 3 aromatic rings. The van der Waals surface area contributed by atoms with Gasteiger partial charge in [-0.1, -0.05) is 76.1 Å². The van der Waals surface area contributed by atoms with Crippen molar-refractivity contribution in [2.75, 3.05) is 6.61 Å². The van der Waals surface area contributed by atoms with Crippen LogP contribution in [-0.4, -0.2) is 34.9 Å². The second-order valence-corrected chi connectivity index (χ2v) is 10.6. The Morgan fingerprint density at radius 2 is 1.60 bits per heavy atom. The fourth-order valence-corrected chi connectivity index (χ4v) is 4.15. The maximum Gasteiger partial charge on any atom is 0.261 e. The number of rotatable bonds is 9. The lowest BCUT2D eigenvalue weighted by Crippen LogP contribution is -2.55. The van der Waals surface area contributed by atoms with Gasteiger partial charge in [0.1, 0.15) is 11.8 Å². The zero-order valence-corrected chi connectivity index (χ0v) is 22.3. The Hall–Kier alpha value is -3.12. The van der Waals surface area contributed by atoms with Crippen molar-refractivity contribution in [1.82, 2.24) is 10.2 Å². The van der Waals surface area contributed by atoms with E-state index in [2.05, 4.69) is 21.2 Å². The normalized spacial score (nSPS) is 12.0. The highest BCUT2D eigenvalue weighted by Crippen LogP contribution is 2.19. The Labute approximate surface area is 216 Å². The molecule has 1 unspecified atom stereocenters. The third-order valence-corrected chi connectivity index (χ3v) is 5.89. The van der Waals surface area contributed by atoms with Crippen molar-refractivity contribution < 1.29 is 14.3 Å². The van der Waals surface area contributed by atoms with E-state index in [-0.39, 0.29) is 25.0 Å². The predicted octanol–water partition coefficient (Wildman–Crippen LogP) is 5.69. The SMILES string of the molecule is Cc1ccc(OCC(=O)N(Cc2cccc(Br)c2)C(Cc2ccccc2)C(=O)NC(C)(C)C)cc1. The van der Waals surface area contributed by atoms with Gasteiger partial charge in [-0.05, 0) is 63.1 Å². The summed E-state index contributed by atoms with van der Waals surface area (Å²) in [6, 6.07) is 24.4. The van der Waals surface area contributed by atoms with Crippen molar-refractivity contribution in [2.45, 2.75) is 52.2 Å². The summed E-state index contributed by atoms with van der Waals surface area (Å²) in [7, 11) is 0. The quantitative estimate of drug-likeness (QED) is 0.382. The van der Waals surface area contributed by atoms with Crippen molar-refractivity contribution in [2.24, 2.45) is 0 Å². The molecule has 3 rings (SSSR count). The van der Waals surface area contributed by atoms with Crippen LogP contribution in [0.3, 0.4) is 0 Å². The summed E-state index contributed by atoms with van der Waals surface area (Å²) in [5.74, 6) is 0.167. The third-order valence-electron chi connectivity index (χ3n) is 5.39. The highest BCUT2D eigenvalue weighted by atomic mass is 79.9. The fourth-order valence-electron chi connectivity index (χ4n) is 3.70. The van der Waals surface area contributed by atoms with Gasteiger partial charge < -0.3 is 15.0 Å². The van der Waals surface area contributed by atoms with Crippen LogP contribution in [-0.2, 0) is 22.6 Å². The number of carbonyl (C=O) groups is 2. The van der Waals surface area contributed by atoms with Crippen molar-refractivity contribution in [3.8, 4) is 5.75 Å². The molecule has 0 aliphatic heterocycles. The standard InChI is InChI=1S/C29H33BrN2O3/c1-21-13-15-25(16-14-21)35-20-27(33)32(19-23-11-8-12-24(30)17-23)26(28(34)31-29(2,3)4)18-22-9-6-5-7-10-22/h5-17,26H,18-20H2,1-4H3,(H,31,34). The number of hydrogen-bond acceptors (Lipinski definition) is 3. The Morgan fingerprint density at radius 3 is 2.23 bits per heavy atom. The van der Waals surface area contributed by atoms with Crippen LogP contribution in [0.25, 0.3) is 0 Å². The van der Waals surface area contributed by atoms with E-state index in [0.29, 0.717) is 12.2 Å². The van der Waals surface area contributed by atoms with E-state index in [1.165, 1.54) is 0 Å². The number of benzene rings is 3. The van der Waals surface area contributed by atoms with Crippen LogP contribution >= 0.6 is 15.9 Å². The first-order valence-corrected chi connectivity index (χ1v) is 12.5. The van der Waals surface area contributed by atoms with Crippen LogP contribution in [0.1, 0.15) is 37.5 Å². The molecule has 0 saturated heterocycles. The molecule has 0 radical (unpaired) electrons. The summed E-state index contributed by atoms with van der Waals surface area (Å²) in [4.78, 5) is 28.7. The topological polar surface area (TPSA) is 58.6 Å². The zero-order valence-electron chi connectivity index (χ0n) is 20.8. The van der Waals surface area contributed by atoms with Gasteiger partial charge in [0, 0.05) is 23.0 Å². The van der Waals surface area contributed by atoms with E-state index in [1.54, 1.807) is 4.90 Å². The molecule has 0 aromatic heterocycles. The van der Waals surface area contributed by atoms with Gasteiger partial charge in [0.15, 0.2) is 6.61 Å². The molecule has 0 spiro atoms. The van der Waals surface area contributed by atoms with Crippen LogP contribution < -0.4 is 10.1 Å². The molecule has 1 N–H and O–H groups in total. The summed E-state index contributed by atoms with van der Waals surface area (Å²) in [5.41, 5.74) is 2.58. The lowest BCUT2D eigenvalue weighted by atomic mass is 10.0. The van der Waals surface area contributed by atoms with Gasteiger partial charge in [-0.25, -0.2) is 0 Å². The fraction of sp³-hybridized carbons (Fsp3) is 0.310. The maximum atomic E-state index is 13.6. The van der Waals surface area contributed by atoms with Gasteiger partial charge in [0.25, 0.3) is 5.91 Å². The first-order valence-electron chi connectivity index (χ1n) is 11.7. The zero-order chi connectivity index (χ0) is 25.4. The number of carbonyl (C=O) groups excluding carboxylic acids is 2. The van der Waals surface area contributed by atoms with Crippen LogP contribution in [0, 0.1) is 6.92 Å². The van der Waals surface area contributed by atoms with E-state index in [1.807, 2.05) is 107 Å². The molecule has 0 saturated carbocycles. The van der Waals surface area contributed by atoms with Gasteiger partial charge in [0.2, 0.25) is 5.91 Å². The highest BCUT2D eigenvalue weighted by molar-refractivity contribution is 9.10. The lowest BCUT2D eigenvalue weighted by Gasteiger charge is -2.33. The molecule has 184 valence electrons. The first-order chi connectivity index (χ1) is 16.6. The summed E-state index contributed by atoms with van der Waals surface area (Å²) in [6.45, 7) is 7.93. The summed E-state index contributed by atoms with van der Waals surface area (Å²) in [5, 5.41) is 3.07. The predicted molar refractivity (Wildman–Crippen MR) is 143 cm³/mol. The van der Waals surface area contributed by atoms with Gasteiger partial charge in [0.05, 0.1) is 0 Å². The molecular formula is C29H33BrN2O3. The van der Waals surface area contributed by atoms with E-state index in [9.17, 15) is 9.59 Å². The summed E-state index contributed by atoms with van der Waals surface area (Å²) >= 11 is 3.51. The van der Waals surface area contributed by atoms with Gasteiger partial charge >= 0.3 is 0 Å². The Bertz CT molecular complexity index is 1120. The minimum atomic E-state index is -0.704. The van der Waals surface area contributed by atoms with Crippen molar-refractivity contribution in [3.05, 3.63) is 100 Å². The molecule has 1 atom stereocenters. The van der Waals surface area contributed by atoms with Crippen molar-refractivity contribution >= 4 is 27.7 Å². The average molecular weight is 537 g/mol. The molecule has 0 heterocycles. The van der Waals surface area contributed by atoms with Crippen molar-refractivity contribution in [3.63, 3.8) is 0 Å². The molecule has 2 amide bonds. The van der Waals surface area contributed by atoms with Gasteiger partial charge in [-0.3, -0.25) is 9.59 Å². The molecule has 6 heteroatoms. The largest absolute Gasteiger partial charge is 0.484 e. The van der Waals surface area contributed by atoms with Crippen LogP contribution in [0.15, 0.2) is 83.3 Å². The summed E-state index contributed by atoms with van der Waals surface area (Å²) in [6.07, 6.45) is 0.396. The number of nitrogens with zero attached hydrogens (tertiary/aromatic N) is 1. The number of ether oxygens (including phenoxy) is 1. The van der Waals surface area contributed by atoms with Crippen LogP contribution in [0.4, 0.5) is 0 Å². The van der Waals surface area contributed by atoms with Crippen LogP contribution in [0.5, 0.6) is 5.75 Å². The van der Waals surface area contributed by atoms with E-state index >= 15 is 0 Å². The number of amides is 2. The Kier molecular flexibility index (Phi) is 9.10.